The second-order valence-electron chi connectivity index (χ2n) is 5.18. The average Bonchev–Trinajstić information content (AvgIpc) is 2.55. The van der Waals surface area contributed by atoms with Gasteiger partial charge in [-0.05, 0) is 13.3 Å². The van der Waals surface area contributed by atoms with E-state index in [1.807, 2.05) is 0 Å². The van der Waals surface area contributed by atoms with Gasteiger partial charge in [-0.25, -0.2) is 9.97 Å². The monoisotopic (exact) mass is 291 g/mol. The molecule has 0 bridgehead atoms. The number of nitrogens with zero attached hydrogens (tertiary/aromatic N) is 4. The Morgan fingerprint density at radius 2 is 1.95 bits per heavy atom. The number of hydrogen-bond acceptors (Lipinski definition) is 5. The molecule has 1 unspecified atom stereocenters. The first-order chi connectivity index (χ1) is 10.1. The molecule has 0 aromatic carbocycles. The van der Waals surface area contributed by atoms with E-state index in [0.717, 1.165) is 12.8 Å². The Bertz CT molecular complexity index is 483. The number of nitrogens with one attached hydrogen (secondary N) is 1. The van der Waals surface area contributed by atoms with Gasteiger partial charge < -0.3 is 15.1 Å². The van der Waals surface area contributed by atoms with Crippen molar-refractivity contribution in [3.63, 3.8) is 0 Å². The minimum atomic E-state index is -0.0874. The predicted octanol–water partition coefficient (Wildman–Crippen LogP) is 0.601. The summed E-state index contributed by atoms with van der Waals surface area (Å²) in [4.78, 5) is 34.7. The molecule has 1 N–H and O–H groups in total. The molecular weight excluding hydrogens is 270 g/mol. The summed E-state index contributed by atoms with van der Waals surface area (Å²) < 4.78 is 0. The SMILES string of the molecule is CCC(C)Nc1ncc(C(=O)N2CCN(C=O)CC2)cn1. The number of aromatic nitrogens is 2. The van der Waals surface area contributed by atoms with Gasteiger partial charge in [0.1, 0.15) is 0 Å². The van der Waals surface area contributed by atoms with Crippen LogP contribution >= 0.6 is 0 Å². The van der Waals surface area contributed by atoms with Crippen molar-refractivity contribution in [2.45, 2.75) is 26.3 Å². The number of hydrogen-bond donors (Lipinski definition) is 1. The summed E-state index contributed by atoms with van der Waals surface area (Å²) in [6.45, 7) is 6.37. The third-order valence-electron chi connectivity index (χ3n) is 3.64. The van der Waals surface area contributed by atoms with Gasteiger partial charge in [0.05, 0.1) is 5.56 Å². The van der Waals surface area contributed by atoms with Crippen molar-refractivity contribution in [3.8, 4) is 0 Å². The number of piperazine rings is 1. The minimum Gasteiger partial charge on any atom is -0.352 e. The van der Waals surface area contributed by atoms with Gasteiger partial charge in [0.15, 0.2) is 0 Å². The third-order valence-corrected chi connectivity index (χ3v) is 3.64. The second-order valence-corrected chi connectivity index (χ2v) is 5.18. The molecule has 0 saturated carbocycles. The number of rotatable bonds is 5. The molecule has 7 nitrogen and oxygen atoms in total. The van der Waals surface area contributed by atoms with Gasteiger partial charge in [-0.3, -0.25) is 9.59 Å². The Balaban J connectivity index is 1.95. The Morgan fingerprint density at radius 1 is 1.33 bits per heavy atom. The molecule has 1 aromatic rings. The Kier molecular flexibility index (Phi) is 5.08. The van der Waals surface area contributed by atoms with Crippen LogP contribution in [-0.4, -0.2) is 64.3 Å². The zero-order valence-corrected chi connectivity index (χ0v) is 12.5. The molecule has 1 aliphatic rings. The van der Waals surface area contributed by atoms with Crippen LogP contribution in [0, 0.1) is 0 Å². The van der Waals surface area contributed by atoms with Crippen molar-refractivity contribution in [2.24, 2.45) is 0 Å². The topological polar surface area (TPSA) is 78.4 Å². The van der Waals surface area contributed by atoms with E-state index in [0.29, 0.717) is 43.7 Å². The molecule has 0 aliphatic carbocycles. The molecule has 7 heteroatoms. The van der Waals surface area contributed by atoms with E-state index in [4.69, 9.17) is 0 Å². The fourth-order valence-corrected chi connectivity index (χ4v) is 2.05. The predicted molar refractivity (Wildman–Crippen MR) is 78.9 cm³/mol. The van der Waals surface area contributed by atoms with Gasteiger partial charge in [-0.15, -0.1) is 0 Å². The molecule has 2 heterocycles. The van der Waals surface area contributed by atoms with Gasteiger partial charge >= 0.3 is 0 Å². The van der Waals surface area contributed by atoms with Crippen molar-refractivity contribution in [1.29, 1.82) is 0 Å². The van der Waals surface area contributed by atoms with Crippen LogP contribution in [0.5, 0.6) is 0 Å². The van der Waals surface area contributed by atoms with E-state index < -0.39 is 0 Å². The van der Waals surface area contributed by atoms with Crippen molar-refractivity contribution in [2.75, 3.05) is 31.5 Å². The molecule has 1 aromatic heterocycles. The number of amides is 2. The van der Waals surface area contributed by atoms with Gasteiger partial charge in [0, 0.05) is 44.6 Å². The van der Waals surface area contributed by atoms with Crippen LogP contribution in [0.1, 0.15) is 30.6 Å². The van der Waals surface area contributed by atoms with Crippen molar-refractivity contribution in [3.05, 3.63) is 18.0 Å². The summed E-state index contributed by atoms with van der Waals surface area (Å²) in [5.41, 5.74) is 0.476. The zero-order chi connectivity index (χ0) is 15.2. The number of carbonyl (C=O) groups excluding carboxylic acids is 2. The lowest BCUT2D eigenvalue weighted by Gasteiger charge is -2.32. The van der Waals surface area contributed by atoms with Crippen molar-refractivity contribution in [1.82, 2.24) is 19.8 Å². The summed E-state index contributed by atoms with van der Waals surface area (Å²) in [5, 5.41) is 3.16. The lowest BCUT2D eigenvalue weighted by Crippen LogP contribution is -2.48. The first-order valence-corrected chi connectivity index (χ1v) is 7.21. The van der Waals surface area contributed by atoms with E-state index >= 15 is 0 Å². The highest BCUT2D eigenvalue weighted by Crippen LogP contribution is 2.09. The lowest BCUT2D eigenvalue weighted by molar-refractivity contribution is -0.119. The molecule has 2 amide bonds. The molecule has 0 spiro atoms. The van der Waals surface area contributed by atoms with E-state index in [9.17, 15) is 9.59 Å². The highest BCUT2D eigenvalue weighted by atomic mass is 16.2. The maximum atomic E-state index is 12.3. The molecule has 21 heavy (non-hydrogen) atoms. The van der Waals surface area contributed by atoms with Crippen LogP contribution in [0.4, 0.5) is 5.95 Å². The minimum absolute atomic E-state index is 0.0874. The molecule has 1 fully saturated rings. The fraction of sp³-hybridized carbons (Fsp3) is 0.571. The van der Waals surface area contributed by atoms with Crippen LogP contribution in [0.15, 0.2) is 12.4 Å². The lowest BCUT2D eigenvalue weighted by atomic mass is 10.2. The maximum Gasteiger partial charge on any atom is 0.257 e. The third kappa shape index (κ3) is 3.90. The maximum absolute atomic E-state index is 12.3. The van der Waals surface area contributed by atoms with Crippen LogP contribution in [0.3, 0.4) is 0 Å². The van der Waals surface area contributed by atoms with Crippen LogP contribution in [0.2, 0.25) is 0 Å². The Morgan fingerprint density at radius 3 is 2.48 bits per heavy atom. The molecule has 114 valence electrons. The average molecular weight is 291 g/mol. The zero-order valence-electron chi connectivity index (χ0n) is 12.5. The summed E-state index contributed by atoms with van der Waals surface area (Å²) in [6.07, 6.45) is 4.89. The first kappa shape index (κ1) is 15.2. The number of carbonyl (C=O) groups is 2. The molecule has 1 aliphatic heterocycles. The van der Waals surface area contributed by atoms with Crippen molar-refractivity contribution < 1.29 is 9.59 Å². The smallest absolute Gasteiger partial charge is 0.257 e. The fourth-order valence-electron chi connectivity index (χ4n) is 2.05. The van der Waals surface area contributed by atoms with E-state index in [2.05, 4.69) is 29.1 Å². The van der Waals surface area contributed by atoms with Crippen molar-refractivity contribution >= 4 is 18.3 Å². The van der Waals surface area contributed by atoms with E-state index in [1.165, 1.54) is 0 Å². The molecule has 1 saturated heterocycles. The quantitative estimate of drug-likeness (QED) is 0.804. The summed E-state index contributed by atoms with van der Waals surface area (Å²) in [7, 11) is 0. The van der Waals surface area contributed by atoms with Gasteiger partial charge in [-0.1, -0.05) is 6.92 Å². The second kappa shape index (κ2) is 7.01. The van der Waals surface area contributed by atoms with E-state index in [1.54, 1.807) is 22.2 Å². The molecule has 0 radical (unpaired) electrons. The summed E-state index contributed by atoms with van der Waals surface area (Å²) in [6, 6.07) is 0.294. The van der Waals surface area contributed by atoms with Crippen LogP contribution in [-0.2, 0) is 4.79 Å². The van der Waals surface area contributed by atoms with Gasteiger partial charge in [-0.2, -0.15) is 0 Å². The normalized spacial score (nSPS) is 16.5. The summed E-state index contributed by atoms with van der Waals surface area (Å²) in [5.74, 6) is 0.447. The molecular formula is C14H21N5O2. The van der Waals surface area contributed by atoms with Gasteiger partial charge in [0.25, 0.3) is 5.91 Å². The Labute approximate surface area is 124 Å². The number of anilines is 1. The first-order valence-electron chi connectivity index (χ1n) is 7.21. The Hall–Kier alpha value is -2.18. The largest absolute Gasteiger partial charge is 0.352 e. The molecule has 1 atom stereocenters. The molecule has 2 rings (SSSR count). The standard InChI is InChI=1S/C14H21N5O2/c1-3-11(2)17-14-15-8-12(9-16-14)13(21)19-6-4-18(10-20)5-7-19/h8-11H,3-7H2,1-2H3,(H,15,16,17). The van der Waals surface area contributed by atoms with Gasteiger partial charge in [0.2, 0.25) is 12.4 Å². The highest BCUT2D eigenvalue weighted by molar-refractivity contribution is 5.93. The highest BCUT2D eigenvalue weighted by Gasteiger charge is 2.21. The van der Waals surface area contributed by atoms with Crippen LogP contribution in [0.25, 0.3) is 0 Å². The van der Waals surface area contributed by atoms with Crippen LogP contribution < -0.4 is 5.32 Å². The van der Waals surface area contributed by atoms with E-state index in [-0.39, 0.29) is 5.91 Å². The summed E-state index contributed by atoms with van der Waals surface area (Å²) >= 11 is 0.